The second-order valence-corrected chi connectivity index (χ2v) is 5.07. The molecule has 1 aliphatic rings. The third-order valence-corrected chi connectivity index (χ3v) is 3.67. The lowest BCUT2D eigenvalue weighted by atomic mass is 10.1. The van der Waals surface area contributed by atoms with Crippen LogP contribution in [0.4, 0.5) is 0 Å². The van der Waals surface area contributed by atoms with Crippen molar-refractivity contribution < 1.29 is 9.53 Å². The maximum Gasteiger partial charge on any atom is 0.255 e. The van der Waals surface area contributed by atoms with E-state index in [-0.39, 0.29) is 5.91 Å². The number of hydrogen-bond acceptors (Lipinski definition) is 2. The monoisotopic (exact) mass is 287 g/mol. The van der Waals surface area contributed by atoms with Crippen molar-refractivity contribution in [1.29, 1.82) is 0 Å². The van der Waals surface area contributed by atoms with Gasteiger partial charge < -0.3 is 9.64 Å². The maximum atomic E-state index is 12.6. The molecule has 4 heteroatoms. The van der Waals surface area contributed by atoms with Crippen LogP contribution >= 0.6 is 11.6 Å². The molecule has 0 fully saturated rings. The zero-order chi connectivity index (χ0) is 13.9. The molecule has 1 aliphatic heterocycles. The number of carbonyl (C=O) groups is 1. The highest BCUT2D eigenvalue weighted by atomic mass is 35.5. The number of ether oxygens (including phenoxy) is 1. The van der Waals surface area contributed by atoms with Crippen LogP contribution in [0.3, 0.4) is 0 Å². The number of benzene rings is 2. The molecule has 0 spiro atoms. The molecule has 0 aliphatic carbocycles. The minimum Gasteiger partial charge on any atom is -0.491 e. The van der Waals surface area contributed by atoms with Gasteiger partial charge in [0, 0.05) is 12.1 Å². The molecule has 3 nitrogen and oxygen atoms in total. The Hall–Kier alpha value is -2.00. The average Bonchev–Trinajstić information content (AvgIpc) is 2.69. The Morgan fingerprint density at radius 3 is 2.70 bits per heavy atom. The van der Waals surface area contributed by atoms with E-state index in [1.54, 1.807) is 17.0 Å². The molecular formula is C16H14ClNO2. The van der Waals surface area contributed by atoms with Gasteiger partial charge in [-0.05, 0) is 18.2 Å². The standard InChI is InChI=1S/C16H14ClNO2/c17-14-7-3-2-6-13(14)16(19)18-9-10-20-15-8-4-1-5-12(15)11-18/h1-8H,9-11H2. The Kier molecular flexibility index (Phi) is 3.61. The van der Waals surface area contributed by atoms with Gasteiger partial charge in [-0.2, -0.15) is 0 Å². The first-order valence-corrected chi connectivity index (χ1v) is 6.88. The molecular weight excluding hydrogens is 274 g/mol. The second kappa shape index (κ2) is 5.55. The topological polar surface area (TPSA) is 29.5 Å². The molecule has 2 aromatic carbocycles. The molecule has 1 amide bonds. The number of halogens is 1. The number of fused-ring (bicyclic) bond motifs is 1. The summed E-state index contributed by atoms with van der Waals surface area (Å²) in [4.78, 5) is 14.3. The highest BCUT2D eigenvalue weighted by Gasteiger charge is 2.22. The van der Waals surface area contributed by atoms with E-state index in [2.05, 4.69) is 0 Å². The highest BCUT2D eigenvalue weighted by Crippen LogP contribution is 2.24. The van der Waals surface area contributed by atoms with Gasteiger partial charge in [0.1, 0.15) is 12.4 Å². The van der Waals surface area contributed by atoms with Gasteiger partial charge in [-0.1, -0.05) is 41.9 Å². The molecule has 20 heavy (non-hydrogen) atoms. The highest BCUT2D eigenvalue weighted by molar-refractivity contribution is 6.33. The molecule has 0 saturated carbocycles. The summed E-state index contributed by atoms with van der Waals surface area (Å²) in [6.07, 6.45) is 0. The first kappa shape index (κ1) is 13.0. The van der Waals surface area contributed by atoms with Gasteiger partial charge in [-0.15, -0.1) is 0 Å². The Morgan fingerprint density at radius 2 is 1.85 bits per heavy atom. The summed E-state index contributed by atoms with van der Waals surface area (Å²) >= 11 is 6.10. The van der Waals surface area contributed by atoms with E-state index in [0.717, 1.165) is 11.3 Å². The first-order valence-electron chi connectivity index (χ1n) is 6.50. The lowest BCUT2D eigenvalue weighted by Crippen LogP contribution is -2.32. The van der Waals surface area contributed by atoms with Crippen molar-refractivity contribution in [1.82, 2.24) is 4.90 Å². The quantitative estimate of drug-likeness (QED) is 0.805. The summed E-state index contributed by atoms with van der Waals surface area (Å²) in [5.41, 5.74) is 1.55. The molecule has 3 rings (SSSR count). The third-order valence-electron chi connectivity index (χ3n) is 3.34. The van der Waals surface area contributed by atoms with Crippen LogP contribution in [0.15, 0.2) is 48.5 Å². The number of rotatable bonds is 1. The van der Waals surface area contributed by atoms with E-state index in [1.807, 2.05) is 36.4 Å². The third kappa shape index (κ3) is 2.49. The number of carbonyl (C=O) groups excluding carboxylic acids is 1. The van der Waals surface area contributed by atoms with E-state index in [1.165, 1.54) is 0 Å². The van der Waals surface area contributed by atoms with Crippen LogP contribution < -0.4 is 4.74 Å². The van der Waals surface area contributed by atoms with Gasteiger partial charge >= 0.3 is 0 Å². The fourth-order valence-electron chi connectivity index (χ4n) is 2.30. The fourth-order valence-corrected chi connectivity index (χ4v) is 2.52. The SMILES string of the molecule is O=C(c1ccccc1Cl)N1CCOc2ccccc2C1. The molecule has 102 valence electrons. The van der Waals surface area contributed by atoms with Crippen LogP contribution in [0.5, 0.6) is 5.75 Å². The summed E-state index contributed by atoms with van der Waals surface area (Å²) in [5.74, 6) is 0.790. The lowest BCUT2D eigenvalue weighted by Gasteiger charge is -2.20. The average molecular weight is 288 g/mol. The van der Waals surface area contributed by atoms with Crippen molar-refractivity contribution in [2.45, 2.75) is 6.54 Å². The Bertz CT molecular complexity index is 642. The predicted molar refractivity (Wildman–Crippen MR) is 78.1 cm³/mol. The van der Waals surface area contributed by atoms with Gasteiger partial charge in [0.25, 0.3) is 5.91 Å². The van der Waals surface area contributed by atoms with E-state index in [9.17, 15) is 4.79 Å². The zero-order valence-electron chi connectivity index (χ0n) is 10.9. The largest absolute Gasteiger partial charge is 0.491 e. The van der Waals surface area contributed by atoms with Crippen molar-refractivity contribution in [2.75, 3.05) is 13.2 Å². The van der Waals surface area contributed by atoms with E-state index < -0.39 is 0 Å². The molecule has 2 aromatic rings. The van der Waals surface area contributed by atoms with Crippen LogP contribution in [0.1, 0.15) is 15.9 Å². The van der Waals surface area contributed by atoms with Crippen LogP contribution in [0.25, 0.3) is 0 Å². The van der Waals surface area contributed by atoms with E-state index in [0.29, 0.717) is 30.3 Å². The summed E-state index contributed by atoms with van der Waals surface area (Å²) < 4.78 is 5.67. The van der Waals surface area contributed by atoms with Gasteiger partial charge in [-0.3, -0.25) is 4.79 Å². The molecule has 0 bridgehead atoms. The lowest BCUT2D eigenvalue weighted by molar-refractivity contribution is 0.0733. The van der Waals surface area contributed by atoms with Crippen LogP contribution in [-0.4, -0.2) is 24.0 Å². The maximum absolute atomic E-state index is 12.6. The van der Waals surface area contributed by atoms with Crippen molar-refractivity contribution >= 4 is 17.5 Å². The van der Waals surface area contributed by atoms with Crippen LogP contribution in [0, 0.1) is 0 Å². The number of para-hydroxylation sites is 1. The van der Waals surface area contributed by atoms with Gasteiger partial charge in [0.2, 0.25) is 0 Å². The van der Waals surface area contributed by atoms with E-state index >= 15 is 0 Å². The van der Waals surface area contributed by atoms with Gasteiger partial charge in [0.15, 0.2) is 0 Å². The molecule has 0 atom stereocenters. The normalized spacial score (nSPS) is 14.2. The van der Waals surface area contributed by atoms with Crippen molar-refractivity contribution in [2.24, 2.45) is 0 Å². The molecule has 0 aromatic heterocycles. The van der Waals surface area contributed by atoms with Gasteiger partial charge in [0.05, 0.1) is 17.1 Å². The minimum absolute atomic E-state index is 0.0593. The first-order chi connectivity index (χ1) is 9.75. The number of nitrogens with zero attached hydrogens (tertiary/aromatic N) is 1. The van der Waals surface area contributed by atoms with Crippen molar-refractivity contribution in [3.05, 3.63) is 64.7 Å². The zero-order valence-corrected chi connectivity index (χ0v) is 11.6. The molecule has 1 heterocycles. The van der Waals surface area contributed by atoms with Gasteiger partial charge in [-0.25, -0.2) is 0 Å². The molecule has 0 saturated heterocycles. The van der Waals surface area contributed by atoms with Crippen molar-refractivity contribution in [3.63, 3.8) is 0 Å². The summed E-state index contributed by atoms with van der Waals surface area (Å²) in [7, 11) is 0. The predicted octanol–water partition coefficient (Wildman–Crippen LogP) is 3.37. The van der Waals surface area contributed by atoms with Crippen LogP contribution in [0.2, 0.25) is 5.02 Å². The second-order valence-electron chi connectivity index (χ2n) is 4.66. The summed E-state index contributed by atoms with van der Waals surface area (Å²) in [5, 5.41) is 0.482. The van der Waals surface area contributed by atoms with E-state index in [4.69, 9.17) is 16.3 Å². The Balaban J connectivity index is 1.88. The molecule has 0 unspecified atom stereocenters. The summed E-state index contributed by atoms with van der Waals surface area (Å²) in [6.45, 7) is 1.59. The number of amides is 1. The Morgan fingerprint density at radius 1 is 1.10 bits per heavy atom. The fraction of sp³-hybridized carbons (Fsp3) is 0.188. The molecule has 0 radical (unpaired) electrons. The smallest absolute Gasteiger partial charge is 0.255 e. The van der Waals surface area contributed by atoms with Crippen molar-refractivity contribution in [3.8, 4) is 5.75 Å². The number of hydrogen-bond donors (Lipinski definition) is 0. The Labute approximate surface area is 122 Å². The minimum atomic E-state index is -0.0593. The van der Waals surface area contributed by atoms with Crippen LogP contribution in [-0.2, 0) is 6.54 Å². The molecule has 0 N–H and O–H groups in total. The summed E-state index contributed by atoms with van der Waals surface area (Å²) in [6, 6.07) is 14.9.